The number of para-hydroxylation sites is 1. The number of benzene rings is 9. The first-order chi connectivity index (χ1) is 28.2. The molecule has 0 saturated carbocycles. The average molecular weight is 762 g/mol. The van der Waals surface area contributed by atoms with Gasteiger partial charge in [-0.1, -0.05) is 121 Å². The number of hydrogen-bond acceptors (Lipinski definition) is 3. The van der Waals surface area contributed by atoms with Crippen LogP contribution >= 0.6 is 22.7 Å². The first kappa shape index (κ1) is 33.5. The molecule has 0 spiro atoms. The molecule has 1 nitrogen and oxygen atoms in total. The van der Waals surface area contributed by atoms with Gasteiger partial charge in [-0.05, 0) is 136 Å². The minimum Gasteiger partial charge on any atom is -0.311 e. The van der Waals surface area contributed by atoms with Gasteiger partial charge in [-0.25, -0.2) is 0 Å². The zero-order chi connectivity index (χ0) is 37.7. The van der Waals surface area contributed by atoms with Crippen molar-refractivity contribution >= 4 is 80.1 Å². The predicted molar refractivity (Wildman–Crippen MR) is 249 cm³/mol. The number of rotatable bonds is 7. The molecule has 2 heterocycles. The Balaban J connectivity index is 1.03. The highest BCUT2D eigenvalue weighted by Gasteiger charge is 2.15. The standard InChI is InChI=1S/C54H35NS2/c1-3-11-36(12-4-1)37-19-25-45(26-20-37)55(44-13-5-2-6-14-44)46-27-21-38(22-28-46)41-31-42(39-23-29-53-49(34-39)47-15-7-9-17-51(47)56-53)33-43(32-41)40-24-30-54-50(35-40)48-16-8-10-18-52(48)57-54/h1-35H. The van der Waals surface area contributed by atoms with Gasteiger partial charge < -0.3 is 4.90 Å². The van der Waals surface area contributed by atoms with Gasteiger partial charge in [0.15, 0.2) is 0 Å². The van der Waals surface area contributed by atoms with Crippen molar-refractivity contribution < 1.29 is 0 Å². The van der Waals surface area contributed by atoms with E-state index in [1.54, 1.807) is 0 Å². The van der Waals surface area contributed by atoms with Crippen LogP contribution in [0.2, 0.25) is 0 Å². The van der Waals surface area contributed by atoms with E-state index in [-0.39, 0.29) is 0 Å². The third-order valence-corrected chi connectivity index (χ3v) is 13.4. The van der Waals surface area contributed by atoms with Crippen molar-refractivity contribution in [3.8, 4) is 44.5 Å². The Morgan fingerprint density at radius 2 is 0.579 bits per heavy atom. The van der Waals surface area contributed by atoms with Gasteiger partial charge in [0.05, 0.1) is 0 Å². The molecule has 0 saturated heterocycles. The summed E-state index contributed by atoms with van der Waals surface area (Å²) < 4.78 is 5.29. The number of nitrogens with zero attached hydrogens (tertiary/aromatic N) is 1. The molecule has 0 aliphatic heterocycles. The lowest BCUT2D eigenvalue weighted by molar-refractivity contribution is 1.28. The second-order valence-electron chi connectivity index (χ2n) is 14.5. The Morgan fingerprint density at radius 1 is 0.228 bits per heavy atom. The maximum absolute atomic E-state index is 2.39. The molecule has 0 fully saturated rings. The van der Waals surface area contributed by atoms with E-state index in [1.807, 2.05) is 22.7 Å². The van der Waals surface area contributed by atoms with Gasteiger partial charge in [-0.2, -0.15) is 0 Å². The first-order valence-corrected chi connectivity index (χ1v) is 20.9. The fourth-order valence-corrected chi connectivity index (χ4v) is 10.4. The van der Waals surface area contributed by atoms with Gasteiger partial charge in [0.2, 0.25) is 0 Å². The highest BCUT2D eigenvalue weighted by molar-refractivity contribution is 7.26. The molecule has 0 atom stereocenters. The zero-order valence-corrected chi connectivity index (χ0v) is 32.6. The van der Waals surface area contributed by atoms with E-state index in [4.69, 9.17) is 0 Å². The van der Waals surface area contributed by atoms with Crippen LogP contribution in [0.3, 0.4) is 0 Å². The SMILES string of the molecule is c1ccc(-c2ccc(N(c3ccccc3)c3ccc(-c4cc(-c5ccc6sc7ccccc7c6c5)cc(-c5ccc6sc7ccccc7c6c5)c4)cc3)cc2)cc1. The summed E-state index contributed by atoms with van der Waals surface area (Å²) >= 11 is 3.73. The Kier molecular flexibility index (Phi) is 8.28. The molecule has 0 bridgehead atoms. The number of fused-ring (bicyclic) bond motifs is 6. The highest BCUT2D eigenvalue weighted by Crippen LogP contribution is 2.42. The van der Waals surface area contributed by atoms with Crippen molar-refractivity contribution in [1.82, 2.24) is 0 Å². The van der Waals surface area contributed by atoms with E-state index >= 15 is 0 Å². The summed E-state index contributed by atoms with van der Waals surface area (Å²) in [5.41, 5.74) is 13.0. The predicted octanol–water partition coefficient (Wildman–Crippen LogP) is 16.6. The molecule has 0 aliphatic carbocycles. The molecule has 0 radical (unpaired) electrons. The second kappa shape index (κ2) is 14.1. The summed E-state index contributed by atoms with van der Waals surface area (Å²) in [7, 11) is 0. The van der Waals surface area contributed by atoms with Crippen molar-refractivity contribution in [1.29, 1.82) is 0 Å². The van der Waals surface area contributed by atoms with Crippen molar-refractivity contribution in [2.75, 3.05) is 4.90 Å². The molecule has 0 unspecified atom stereocenters. The summed E-state index contributed by atoms with van der Waals surface area (Å²) in [4.78, 5) is 2.33. The molecular weight excluding hydrogens is 727 g/mol. The fraction of sp³-hybridized carbons (Fsp3) is 0. The normalized spacial score (nSPS) is 11.5. The Hall–Kier alpha value is -6.78. The molecule has 0 aliphatic rings. The van der Waals surface area contributed by atoms with Crippen LogP contribution in [0.1, 0.15) is 0 Å². The topological polar surface area (TPSA) is 3.24 Å². The van der Waals surface area contributed by atoms with Gasteiger partial charge in [-0.15, -0.1) is 22.7 Å². The smallest absolute Gasteiger partial charge is 0.0462 e. The van der Waals surface area contributed by atoms with E-state index in [1.165, 1.54) is 84.9 Å². The van der Waals surface area contributed by atoms with Crippen LogP contribution in [0.4, 0.5) is 17.1 Å². The zero-order valence-electron chi connectivity index (χ0n) is 31.0. The lowest BCUT2D eigenvalue weighted by atomic mass is 9.92. The number of thiophene rings is 2. The van der Waals surface area contributed by atoms with E-state index in [0.717, 1.165) is 17.1 Å². The van der Waals surface area contributed by atoms with E-state index < -0.39 is 0 Å². The van der Waals surface area contributed by atoms with E-state index in [0.29, 0.717) is 0 Å². The Morgan fingerprint density at radius 3 is 1.09 bits per heavy atom. The summed E-state index contributed by atoms with van der Waals surface area (Å²) in [6.07, 6.45) is 0. The second-order valence-corrected chi connectivity index (χ2v) is 16.7. The molecule has 11 aromatic rings. The van der Waals surface area contributed by atoms with Crippen LogP contribution in [0, 0.1) is 0 Å². The van der Waals surface area contributed by atoms with Gasteiger partial charge in [0.1, 0.15) is 0 Å². The van der Waals surface area contributed by atoms with Gasteiger partial charge in [0.25, 0.3) is 0 Å². The third-order valence-electron chi connectivity index (χ3n) is 11.1. The lowest BCUT2D eigenvalue weighted by Crippen LogP contribution is -2.09. The Labute approximate surface area is 340 Å². The molecule has 3 heteroatoms. The minimum atomic E-state index is 1.11. The van der Waals surface area contributed by atoms with Crippen LogP contribution in [0.25, 0.3) is 84.9 Å². The van der Waals surface area contributed by atoms with Crippen LogP contribution in [-0.4, -0.2) is 0 Å². The van der Waals surface area contributed by atoms with E-state index in [9.17, 15) is 0 Å². The third kappa shape index (κ3) is 6.18. The fourth-order valence-electron chi connectivity index (χ4n) is 8.20. The molecule has 268 valence electrons. The van der Waals surface area contributed by atoms with Crippen molar-refractivity contribution in [3.05, 3.63) is 212 Å². The van der Waals surface area contributed by atoms with Crippen molar-refractivity contribution in [3.63, 3.8) is 0 Å². The lowest BCUT2D eigenvalue weighted by Gasteiger charge is -2.26. The van der Waals surface area contributed by atoms with Crippen molar-refractivity contribution in [2.24, 2.45) is 0 Å². The molecular formula is C54H35NS2. The Bertz CT molecular complexity index is 3080. The van der Waals surface area contributed by atoms with Gasteiger partial charge >= 0.3 is 0 Å². The number of anilines is 3. The molecule has 11 rings (SSSR count). The van der Waals surface area contributed by atoms with Crippen molar-refractivity contribution in [2.45, 2.75) is 0 Å². The largest absolute Gasteiger partial charge is 0.311 e. The first-order valence-electron chi connectivity index (χ1n) is 19.3. The number of hydrogen-bond donors (Lipinski definition) is 0. The quantitative estimate of drug-likeness (QED) is 0.156. The van der Waals surface area contributed by atoms with Crippen LogP contribution < -0.4 is 4.90 Å². The molecule has 57 heavy (non-hydrogen) atoms. The monoisotopic (exact) mass is 761 g/mol. The maximum Gasteiger partial charge on any atom is 0.0462 e. The molecule has 0 amide bonds. The average Bonchev–Trinajstić information content (AvgIpc) is 3.85. The minimum absolute atomic E-state index is 1.11. The summed E-state index contributed by atoms with van der Waals surface area (Å²) in [6.45, 7) is 0. The molecule has 2 aromatic heterocycles. The van der Waals surface area contributed by atoms with Crippen LogP contribution in [0.15, 0.2) is 212 Å². The summed E-state index contributed by atoms with van der Waals surface area (Å²) in [5, 5.41) is 5.26. The molecule has 9 aromatic carbocycles. The van der Waals surface area contributed by atoms with Gasteiger partial charge in [-0.3, -0.25) is 0 Å². The maximum atomic E-state index is 2.39. The highest BCUT2D eigenvalue weighted by atomic mass is 32.1. The van der Waals surface area contributed by atoms with Crippen LogP contribution in [0.5, 0.6) is 0 Å². The van der Waals surface area contributed by atoms with Gasteiger partial charge in [0, 0.05) is 57.4 Å². The van der Waals surface area contributed by atoms with E-state index in [2.05, 4.69) is 217 Å². The summed E-state index contributed by atoms with van der Waals surface area (Å²) in [5.74, 6) is 0. The molecule has 0 N–H and O–H groups in total. The summed E-state index contributed by atoms with van der Waals surface area (Å²) in [6, 6.07) is 77.7. The van der Waals surface area contributed by atoms with Crippen LogP contribution in [-0.2, 0) is 0 Å².